The highest BCUT2D eigenvalue weighted by Crippen LogP contribution is 2.24. The van der Waals surface area contributed by atoms with Crippen LogP contribution < -0.4 is 0 Å². The van der Waals surface area contributed by atoms with Gasteiger partial charge in [0.1, 0.15) is 11.6 Å². The largest absolute Gasteiger partial charge is 0.338 e. The molecule has 1 N–H and O–H groups in total. The first-order valence-electron chi connectivity index (χ1n) is 6.31. The molecule has 4 rings (SSSR count). The molecule has 0 fully saturated rings. The van der Waals surface area contributed by atoms with Gasteiger partial charge in [0, 0.05) is 17.1 Å². The van der Waals surface area contributed by atoms with Crippen LogP contribution in [0.4, 0.5) is 4.39 Å². The number of fused-ring (bicyclic) bond motifs is 2. The Hall–Kier alpha value is -2.75. The van der Waals surface area contributed by atoms with E-state index in [1.807, 2.05) is 24.3 Å². The van der Waals surface area contributed by atoms with Crippen molar-refractivity contribution in [2.45, 2.75) is 0 Å². The second kappa shape index (κ2) is 4.13. The summed E-state index contributed by atoms with van der Waals surface area (Å²) in [7, 11) is 0. The molecular weight excluding hydrogens is 253 g/mol. The SMILES string of the molecule is Fc1cccc2ncc(-c3nc4ccccc4[nH]3)cc12. The fourth-order valence-corrected chi connectivity index (χ4v) is 2.33. The molecule has 0 aliphatic heterocycles. The Morgan fingerprint density at radius 1 is 0.950 bits per heavy atom. The number of benzene rings is 2. The Bertz CT molecular complexity index is 894. The highest BCUT2D eigenvalue weighted by atomic mass is 19.1. The molecule has 0 aliphatic carbocycles. The molecule has 20 heavy (non-hydrogen) atoms. The van der Waals surface area contributed by atoms with E-state index in [1.54, 1.807) is 24.4 Å². The first kappa shape index (κ1) is 11.1. The molecule has 0 spiro atoms. The molecule has 0 atom stereocenters. The van der Waals surface area contributed by atoms with E-state index < -0.39 is 0 Å². The topological polar surface area (TPSA) is 41.6 Å². The van der Waals surface area contributed by atoms with Crippen molar-refractivity contribution in [2.24, 2.45) is 0 Å². The summed E-state index contributed by atoms with van der Waals surface area (Å²) in [5.41, 5.74) is 3.26. The van der Waals surface area contributed by atoms with E-state index in [0.717, 1.165) is 16.6 Å². The number of H-pyrrole nitrogens is 1. The van der Waals surface area contributed by atoms with Crippen molar-refractivity contribution >= 4 is 21.9 Å². The monoisotopic (exact) mass is 263 g/mol. The van der Waals surface area contributed by atoms with Crippen molar-refractivity contribution in [3.05, 3.63) is 60.5 Å². The van der Waals surface area contributed by atoms with Crippen LogP contribution in [0.25, 0.3) is 33.3 Å². The molecule has 3 nitrogen and oxygen atoms in total. The fraction of sp³-hybridized carbons (Fsp3) is 0. The number of nitrogens with one attached hydrogen (secondary N) is 1. The van der Waals surface area contributed by atoms with E-state index in [2.05, 4.69) is 15.0 Å². The standard InChI is InChI=1S/C16H10FN3/c17-12-4-3-7-13-11(12)8-10(9-18-13)16-19-14-5-1-2-6-15(14)20-16/h1-9H,(H,19,20). The van der Waals surface area contributed by atoms with E-state index >= 15 is 0 Å². The summed E-state index contributed by atoms with van der Waals surface area (Å²) in [5.74, 6) is 0.428. The van der Waals surface area contributed by atoms with Crippen LogP contribution in [0.5, 0.6) is 0 Å². The molecule has 4 aromatic rings. The van der Waals surface area contributed by atoms with Gasteiger partial charge in [-0.15, -0.1) is 0 Å². The Balaban J connectivity index is 1.95. The second-order valence-electron chi connectivity index (χ2n) is 4.63. The first-order chi connectivity index (χ1) is 9.81. The Morgan fingerprint density at radius 2 is 1.80 bits per heavy atom. The minimum absolute atomic E-state index is 0.270. The number of rotatable bonds is 1. The van der Waals surface area contributed by atoms with Gasteiger partial charge in [-0.05, 0) is 30.3 Å². The van der Waals surface area contributed by atoms with Gasteiger partial charge in [-0.25, -0.2) is 9.37 Å². The lowest BCUT2D eigenvalue weighted by molar-refractivity contribution is 0.639. The van der Waals surface area contributed by atoms with Crippen molar-refractivity contribution in [1.29, 1.82) is 0 Å². The molecule has 2 aromatic carbocycles. The van der Waals surface area contributed by atoms with Gasteiger partial charge in [0.2, 0.25) is 0 Å². The normalized spacial score (nSPS) is 11.2. The van der Waals surface area contributed by atoms with E-state index in [0.29, 0.717) is 16.7 Å². The Morgan fingerprint density at radius 3 is 2.70 bits per heavy atom. The Kier molecular flexibility index (Phi) is 2.29. The lowest BCUT2D eigenvalue weighted by atomic mass is 10.1. The van der Waals surface area contributed by atoms with Gasteiger partial charge >= 0.3 is 0 Å². The van der Waals surface area contributed by atoms with E-state index in [4.69, 9.17) is 0 Å². The van der Waals surface area contributed by atoms with Gasteiger partial charge in [0.15, 0.2) is 0 Å². The van der Waals surface area contributed by atoms with Crippen LogP contribution in [0.15, 0.2) is 54.7 Å². The minimum Gasteiger partial charge on any atom is -0.338 e. The smallest absolute Gasteiger partial charge is 0.140 e. The maximum Gasteiger partial charge on any atom is 0.140 e. The fourth-order valence-electron chi connectivity index (χ4n) is 2.33. The third-order valence-corrected chi connectivity index (χ3v) is 3.34. The molecule has 0 saturated carbocycles. The van der Waals surface area contributed by atoms with Crippen LogP contribution in [0, 0.1) is 5.82 Å². The summed E-state index contributed by atoms with van der Waals surface area (Å²) >= 11 is 0. The minimum atomic E-state index is -0.270. The lowest BCUT2D eigenvalue weighted by Gasteiger charge is -2.01. The lowest BCUT2D eigenvalue weighted by Crippen LogP contribution is -1.87. The van der Waals surface area contributed by atoms with Crippen LogP contribution in [0.3, 0.4) is 0 Å². The number of imidazole rings is 1. The van der Waals surface area contributed by atoms with Gasteiger partial charge < -0.3 is 4.98 Å². The number of hydrogen-bond donors (Lipinski definition) is 1. The summed E-state index contributed by atoms with van der Waals surface area (Å²) in [4.78, 5) is 12.0. The quantitative estimate of drug-likeness (QED) is 0.565. The zero-order valence-corrected chi connectivity index (χ0v) is 10.5. The van der Waals surface area contributed by atoms with Gasteiger partial charge in [0.25, 0.3) is 0 Å². The predicted molar refractivity (Wildman–Crippen MR) is 76.8 cm³/mol. The summed E-state index contributed by atoms with van der Waals surface area (Å²) in [6, 6.07) is 14.4. The summed E-state index contributed by atoms with van der Waals surface area (Å²) < 4.78 is 13.8. The molecule has 0 amide bonds. The molecule has 4 heteroatoms. The summed E-state index contributed by atoms with van der Waals surface area (Å²) in [6.07, 6.45) is 1.71. The van der Waals surface area contributed by atoms with Crippen LogP contribution in [0.1, 0.15) is 0 Å². The molecule has 0 unspecified atom stereocenters. The van der Waals surface area contributed by atoms with Crippen molar-refractivity contribution in [1.82, 2.24) is 15.0 Å². The number of aromatic amines is 1. The number of halogens is 1. The van der Waals surface area contributed by atoms with Gasteiger partial charge in [-0.3, -0.25) is 4.98 Å². The molecule has 2 heterocycles. The van der Waals surface area contributed by atoms with E-state index in [9.17, 15) is 4.39 Å². The van der Waals surface area contributed by atoms with Crippen LogP contribution >= 0.6 is 0 Å². The van der Waals surface area contributed by atoms with Crippen molar-refractivity contribution in [3.8, 4) is 11.4 Å². The number of nitrogens with zero attached hydrogens (tertiary/aromatic N) is 2. The van der Waals surface area contributed by atoms with Gasteiger partial charge in [0.05, 0.1) is 16.6 Å². The van der Waals surface area contributed by atoms with Crippen molar-refractivity contribution in [3.63, 3.8) is 0 Å². The number of pyridine rings is 1. The highest BCUT2D eigenvalue weighted by Gasteiger charge is 2.08. The second-order valence-corrected chi connectivity index (χ2v) is 4.63. The van der Waals surface area contributed by atoms with Gasteiger partial charge in [-0.2, -0.15) is 0 Å². The number of hydrogen-bond acceptors (Lipinski definition) is 2. The number of aromatic nitrogens is 3. The molecular formula is C16H10FN3. The number of para-hydroxylation sites is 2. The molecule has 0 bridgehead atoms. The molecule has 96 valence electrons. The maximum atomic E-state index is 13.8. The van der Waals surface area contributed by atoms with Crippen LogP contribution in [-0.4, -0.2) is 15.0 Å². The van der Waals surface area contributed by atoms with Crippen molar-refractivity contribution in [2.75, 3.05) is 0 Å². The first-order valence-corrected chi connectivity index (χ1v) is 6.31. The average Bonchev–Trinajstić information content (AvgIpc) is 2.91. The maximum absolute atomic E-state index is 13.8. The molecule has 0 aliphatic rings. The molecule has 0 saturated heterocycles. The van der Waals surface area contributed by atoms with Gasteiger partial charge in [-0.1, -0.05) is 18.2 Å². The van der Waals surface area contributed by atoms with E-state index in [-0.39, 0.29) is 5.82 Å². The van der Waals surface area contributed by atoms with Crippen LogP contribution in [0.2, 0.25) is 0 Å². The third-order valence-electron chi connectivity index (χ3n) is 3.34. The average molecular weight is 263 g/mol. The van der Waals surface area contributed by atoms with Crippen LogP contribution in [-0.2, 0) is 0 Å². The Labute approximate surface area is 114 Å². The predicted octanol–water partition coefficient (Wildman–Crippen LogP) is 3.92. The third kappa shape index (κ3) is 1.66. The summed E-state index contributed by atoms with van der Waals surface area (Å²) in [5, 5.41) is 0.505. The highest BCUT2D eigenvalue weighted by molar-refractivity contribution is 5.85. The summed E-state index contributed by atoms with van der Waals surface area (Å²) in [6.45, 7) is 0. The molecule has 0 radical (unpaired) electrons. The van der Waals surface area contributed by atoms with Crippen molar-refractivity contribution < 1.29 is 4.39 Å². The zero-order chi connectivity index (χ0) is 13.5. The van der Waals surface area contributed by atoms with E-state index in [1.165, 1.54) is 6.07 Å². The molecule has 2 aromatic heterocycles. The zero-order valence-electron chi connectivity index (χ0n) is 10.5.